The van der Waals surface area contributed by atoms with Crippen LogP contribution >= 0.6 is 11.6 Å². The van der Waals surface area contributed by atoms with Crippen LogP contribution in [0.15, 0.2) is 48.5 Å². The number of hydrogen-bond donors (Lipinski definition) is 1. The van der Waals surface area contributed by atoms with Gasteiger partial charge in [0.1, 0.15) is 6.07 Å². The molecule has 0 spiro atoms. The summed E-state index contributed by atoms with van der Waals surface area (Å²) in [5, 5.41) is 12.5. The summed E-state index contributed by atoms with van der Waals surface area (Å²) in [6.07, 6.45) is 0. The Morgan fingerprint density at radius 1 is 1.24 bits per heavy atom. The molecule has 1 N–H and O–H groups in total. The SMILES string of the molecule is COC(=O)C(Nc1cccc(Cl)c1C#N)c1ccccc1. The third-order valence-corrected chi connectivity index (χ3v) is 3.31. The number of carbonyl (C=O) groups is 1. The summed E-state index contributed by atoms with van der Waals surface area (Å²) in [6, 6.07) is 15.5. The largest absolute Gasteiger partial charge is 0.467 e. The molecule has 0 heterocycles. The van der Waals surface area contributed by atoms with E-state index in [9.17, 15) is 10.1 Å². The van der Waals surface area contributed by atoms with Crippen LogP contribution in [0.1, 0.15) is 17.2 Å². The van der Waals surface area contributed by atoms with Crippen LogP contribution in [0.3, 0.4) is 0 Å². The number of anilines is 1. The number of ether oxygens (including phenoxy) is 1. The van der Waals surface area contributed by atoms with Gasteiger partial charge in [0.2, 0.25) is 0 Å². The molecule has 0 saturated carbocycles. The second kappa shape index (κ2) is 6.78. The lowest BCUT2D eigenvalue weighted by molar-refractivity contribution is -0.141. The number of carbonyl (C=O) groups excluding carboxylic acids is 1. The molecule has 1 atom stereocenters. The molecule has 0 aliphatic rings. The summed E-state index contributed by atoms with van der Waals surface area (Å²) >= 11 is 5.99. The average Bonchev–Trinajstić information content (AvgIpc) is 2.53. The van der Waals surface area contributed by atoms with Crippen LogP contribution < -0.4 is 5.32 Å². The first-order valence-corrected chi connectivity index (χ1v) is 6.63. The number of methoxy groups -OCH3 is 1. The Balaban J connectivity index is 2.40. The maximum Gasteiger partial charge on any atom is 0.332 e. The fourth-order valence-corrected chi connectivity index (χ4v) is 2.17. The fraction of sp³-hybridized carbons (Fsp3) is 0.125. The van der Waals surface area contributed by atoms with Crippen molar-refractivity contribution in [3.63, 3.8) is 0 Å². The van der Waals surface area contributed by atoms with E-state index in [1.807, 2.05) is 36.4 Å². The van der Waals surface area contributed by atoms with Crippen LogP contribution in [-0.2, 0) is 9.53 Å². The zero-order valence-electron chi connectivity index (χ0n) is 11.3. The first-order valence-electron chi connectivity index (χ1n) is 6.25. The molecular formula is C16H13ClN2O2. The van der Waals surface area contributed by atoms with Crippen molar-refractivity contribution in [3.8, 4) is 6.07 Å². The number of nitrogens with zero attached hydrogens (tertiary/aromatic N) is 1. The second-order valence-electron chi connectivity index (χ2n) is 4.29. The minimum absolute atomic E-state index is 0.295. The molecule has 0 aliphatic heterocycles. The monoisotopic (exact) mass is 300 g/mol. The molecule has 0 bridgehead atoms. The molecule has 0 amide bonds. The quantitative estimate of drug-likeness (QED) is 0.877. The Hall–Kier alpha value is -2.51. The van der Waals surface area contributed by atoms with Crippen molar-refractivity contribution in [2.24, 2.45) is 0 Å². The molecule has 0 saturated heterocycles. The highest BCUT2D eigenvalue weighted by Gasteiger charge is 2.22. The molecule has 2 aromatic carbocycles. The predicted molar refractivity (Wildman–Crippen MR) is 81.0 cm³/mol. The van der Waals surface area contributed by atoms with Crippen molar-refractivity contribution in [1.29, 1.82) is 5.26 Å². The molecule has 0 radical (unpaired) electrons. The second-order valence-corrected chi connectivity index (χ2v) is 4.69. The van der Waals surface area contributed by atoms with Crippen LogP contribution in [0.4, 0.5) is 5.69 Å². The molecule has 106 valence electrons. The van der Waals surface area contributed by atoms with Gasteiger partial charge in [-0.2, -0.15) is 5.26 Å². The summed E-state index contributed by atoms with van der Waals surface area (Å²) in [6.45, 7) is 0. The van der Waals surface area contributed by atoms with Gasteiger partial charge < -0.3 is 10.1 Å². The van der Waals surface area contributed by atoms with Crippen LogP contribution in [0.2, 0.25) is 5.02 Å². The molecule has 5 heteroatoms. The topological polar surface area (TPSA) is 62.1 Å². The highest BCUT2D eigenvalue weighted by Crippen LogP contribution is 2.27. The summed E-state index contributed by atoms with van der Waals surface area (Å²) in [4.78, 5) is 12.0. The first kappa shape index (κ1) is 14.9. The molecule has 21 heavy (non-hydrogen) atoms. The number of hydrogen-bond acceptors (Lipinski definition) is 4. The summed E-state index contributed by atoms with van der Waals surface area (Å²) in [7, 11) is 1.32. The van der Waals surface area contributed by atoms with Gasteiger partial charge in [0, 0.05) is 0 Å². The molecular weight excluding hydrogens is 288 g/mol. The molecule has 2 rings (SSSR count). The minimum Gasteiger partial charge on any atom is -0.467 e. The summed E-state index contributed by atoms with van der Waals surface area (Å²) < 4.78 is 4.83. The lowest BCUT2D eigenvalue weighted by atomic mass is 10.1. The maximum absolute atomic E-state index is 12.0. The van der Waals surface area contributed by atoms with Gasteiger partial charge in [-0.25, -0.2) is 4.79 Å². The number of benzene rings is 2. The zero-order chi connectivity index (χ0) is 15.2. The van der Waals surface area contributed by atoms with Gasteiger partial charge in [-0.1, -0.05) is 48.0 Å². The fourth-order valence-electron chi connectivity index (χ4n) is 1.96. The Bertz CT molecular complexity index is 680. The molecule has 2 aromatic rings. The van der Waals surface area contributed by atoms with Crippen LogP contribution in [0.25, 0.3) is 0 Å². The third kappa shape index (κ3) is 3.33. The maximum atomic E-state index is 12.0. The van der Waals surface area contributed by atoms with Crippen LogP contribution in [0.5, 0.6) is 0 Å². The molecule has 1 unspecified atom stereocenters. The smallest absolute Gasteiger partial charge is 0.332 e. The predicted octanol–water partition coefficient (Wildman–Crippen LogP) is 3.54. The number of halogens is 1. The van der Waals surface area contributed by atoms with Gasteiger partial charge in [-0.3, -0.25) is 0 Å². The van der Waals surface area contributed by atoms with Gasteiger partial charge in [0.25, 0.3) is 0 Å². The molecule has 0 aliphatic carbocycles. The standard InChI is InChI=1S/C16H13ClN2O2/c1-21-16(20)15(11-6-3-2-4-7-11)19-14-9-5-8-13(17)12(14)10-18/h2-9,15,19H,1H3. The van der Waals surface area contributed by atoms with E-state index in [0.717, 1.165) is 5.56 Å². The van der Waals surface area contributed by atoms with Crippen molar-refractivity contribution >= 4 is 23.3 Å². The average molecular weight is 301 g/mol. The normalized spacial score (nSPS) is 11.3. The molecule has 4 nitrogen and oxygen atoms in total. The lowest BCUT2D eigenvalue weighted by Gasteiger charge is -2.19. The van der Waals surface area contributed by atoms with Crippen molar-refractivity contribution in [2.45, 2.75) is 6.04 Å². The van der Waals surface area contributed by atoms with Crippen LogP contribution in [-0.4, -0.2) is 13.1 Å². The van der Waals surface area contributed by atoms with E-state index in [2.05, 4.69) is 5.32 Å². The van der Waals surface area contributed by atoms with Gasteiger partial charge in [0.15, 0.2) is 6.04 Å². The van der Waals surface area contributed by atoms with E-state index in [-0.39, 0.29) is 0 Å². The van der Waals surface area contributed by atoms with Gasteiger partial charge in [-0.05, 0) is 17.7 Å². The molecule has 0 aromatic heterocycles. The van der Waals surface area contributed by atoms with E-state index in [1.165, 1.54) is 7.11 Å². The number of nitrogens with one attached hydrogen (secondary N) is 1. The Labute approximate surface area is 127 Å². The van der Waals surface area contributed by atoms with Crippen molar-refractivity contribution in [1.82, 2.24) is 0 Å². The Morgan fingerprint density at radius 3 is 2.57 bits per heavy atom. The van der Waals surface area contributed by atoms with Crippen molar-refractivity contribution < 1.29 is 9.53 Å². The molecule has 0 fully saturated rings. The third-order valence-electron chi connectivity index (χ3n) is 3.00. The zero-order valence-corrected chi connectivity index (χ0v) is 12.1. The summed E-state index contributed by atoms with van der Waals surface area (Å²) in [5.74, 6) is -0.440. The number of esters is 1. The van der Waals surface area contributed by atoms with Gasteiger partial charge in [0.05, 0.1) is 23.4 Å². The summed E-state index contributed by atoms with van der Waals surface area (Å²) in [5.41, 5.74) is 1.53. The Kier molecular flexibility index (Phi) is 4.81. The van der Waals surface area contributed by atoms with E-state index < -0.39 is 12.0 Å². The van der Waals surface area contributed by atoms with E-state index in [4.69, 9.17) is 16.3 Å². The lowest BCUT2D eigenvalue weighted by Crippen LogP contribution is -2.22. The number of rotatable bonds is 4. The Morgan fingerprint density at radius 2 is 1.95 bits per heavy atom. The first-order chi connectivity index (χ1) is 10.2. The van der Waals surface area contributed by atoms with Crippen molar-refractivity contribution in [2.75, 3.05) is 12.4 Å². The van der Waals surface area contributed by atoms with E-state index in [1.54, 1.807) is 18.2 Å². The minimum atomic E-state index is -0.707. The van der Waals surface area contributed by atoms with Gasteiger partial charge in [-0.15, -0.1) is 0 Å². The van der Waals surface area contributed by atoms with E-state index >= 15 is 0 Å². The van der Waals surface area contributed by atoms with Crippen molar-refractivity contribution in [3.05, 3.63) is 64.7 Å². The van der Waals surface area contributed by atoms with Crippen LogP contribution in [0, 0.1) is 11.3 Å². The van der Waals surface area contributed by atoms with E-state index in [0.29, 0.717) is 16.3 Å². The highest BCUT2D eigenvalue weighted by atomic mass is 35.5. The number of nitriles is 1. The van der Waals surface area contributed by atoms with Gasteiger partial charge >= 0.3 is 5.97 Å². The highest BCUT2D eigenvalue weighted by molar-refractivity contribution is 6.32.